The molecule has 7 heteroatoms. The van der Waals surface area contributed by atoms with Gasteiger partial charge in [-0.05, 0) is 37.3 Å². The van der Waals surface area contributed by atoms with Crippen LogP contribution in [0.2, 0.25) is 0 Å². The summed E-state index contributed by atoms with van der Waals surface area (Å²) in [5.41, 5.74) is 4.74. The number of rotatable bonds is 3. The second-order valence-electron chi connectivity index (χ2n) is 7.13. The fourth-order valence-corrected chi connectivity index (χ4v) is 3.87. The van der Waals surface area contributed by atoms with Gasteiger partial charge in [-0.25, -0.2) is 9.69 Å². The number of nitrogens with zero attached hydrogens (tertiary/aromatic N) is 4. The maximum atomic E-state index is 12.3. The van der Waals surface area contributed by atoms with Crippen molar-refractivity contribution in [2.45, 2.75) is 26.3 Å². The fourth-order valence-electron chi connectivity index (χ4n) is 3.87. The van der Waals surface area contributed by atoms with Crippen LogP contribution in [0.4, 0.5) is 0 Å². The molecule has 0 saturated heterocycles. The zero-order chi connectivity index (χ0) is 20.0. The highest BCUT2D eigenvalue weighted by Crippen LogP contribution is 2.38. The maximum Gasteiger partial charge on any atom is 0.240 e. The van der Waals surface area contributed by atoms with Crippen LogP contribution in [-0.2, 0) is 4.79 Å². The van der Waals surface area contributed by atoms with E-state index in [1.165, 1.54) is 6.92 Å². The Labute approximate surface area is 168 Å². The van der Waals surface area contributed by atoms with Gasteiger partial charge in [-0.15, -0.1) is 0 Å². The molecule has 29 heavy (non-hydrogen) atoms. The van der Waals surface area contributed by atoms with Gasteiger partial charge in [-0.3, -0.25) is 4.79 Å². The van der Waals surface area contributed by atoms with E-state index in [0.29, 0.717) is 12.2 Å². The molecule has 0 bridgehead atoms. The summed E-state index contributed by atoms with van der Waals surface area (Å²) in [5, 5.41) is 10.7. The van der Waals surface area contributed by atoms with Crippen molar-refractivity contribution >= 4 is 11.6 Å². The lowest BCUT2D eigenvalue weighted by atomic mass is 9.98. The second-order valence-corrected chi connectivity index (χ2v) is 7.13. The summed E-state index contributed by atoms with van der Waals surface area (Å²) in [6.45, 7) is 3.79. The highest BCUT2D eigenvalue weighted by Gasteiger charge is 2.34. The Morgan fingerprint density at radius 2 is 1.90 bits per heavy atom. The number of ether oxygens (including phenoxy) is 2. The minimum absolute atomic E-state index is 0.0994. The first-order chi connectivity index (χ1) is 14.1. The van der Waals surface area contributed by atoms with Crippen LogP contribution < -0.4 is 9.47 Å². The first-order valence-electron chi connectivity index (χ1n) is 9.49. The van der Waals surface area contributed by atoms with Crippen LogP contribution in [0.15, 0.2) is 59.8 Å². The van der Waals surface area contributed by atoms with E-state index in [0.717, 1.165) is 34.0 Å². The third kappa shape index (κ3) is 2.95. The van der Waals surface area contributed by atoms with E-state index in [1.807, 2.05) is 66.3 Å². The molecule has 7 nitrogen and oxygen atoms in total. The average Bonchev–Trinajstić information content (AvgIpc) is 3.45. The van der Waals surface area contributed by atoms with Crippen molar-refractivity contribution < 1.29 is 14.3 Å². The molecule has 146 valence electrons. The lowest BCUT2D eigenvalue weighted by Gasteiger charge is -2.20. The highest BCUT2D eigenvalue weighted by molar-refractivity contribution is 6.03. The van der Waals surface area contributed by atoms with Crippen LogP contribution in [0, 0.1) is 6.92 Å². The quantitative estimate of drug-likeness (QED) is 0.687. The summed E-state index contributed by atoms with van der Waals surface area (Å²) in [6, 6.07) is 15.5. The number of amides is 1. The first kappa shape index (κ1) is 17.5. The van der Waals surface area contributed by atoms with E-state index in [-0.39, 0.29) is 18.7 Å². The fraction of sp³-hybridized carbons (Fsp3) is 0.227. The number of aromatic nitrogens is 2. The Hall–Kier alpha value is -3.61. The standard InChI is InChI=1S/C22H20N4O3/c1-14-18(12-23-25(14)17-6-4-3-5-7-17)20-11-19(24-26(20)15(2)27)16-8-9-21-22(10-16)29-13-28-21/h3-10,12,20H,11,13H2,1-2H3/t20-/m1/s1. The van der Waals surface area contributed by atoms with Crippen molar-refractivity contribution in [3.8, 4) is 17.2 Å². The predicted octanol–water partition coefficient (Wildman–Crippen LogP) is 3.61. The Kier molecular flexibility index (Phi) is 4.08. The molecule has 2 aliphatic rings. The van der Waals surface area contributed by atoms with Gasteiger partial charge in [0.1, 0.15) is 0 Å². The molecule has 1 atom stereocenters. The average molecular weight is 388 g/mol. The number of carbonyl (C=O) groups is 1. The molecule has 0 N–H and O–H groups in total. The summed E-state index contributed by atoms with van der Waals surface area (Å²) in [5.74, 6) is 1.33. The molecule has 3 heterocycles. The van der Waals surface area contributed by atoms with Crippen molar-refractivity contribution in [1.82, 2.24) is 14.8 Å². The molecular weight excluding hydrogens is 368 g/mol. The van der Waals surface area contributed by atoms with Gasteiger partial charge in [0.25, 0.3) is 0 Å². The summed E-state index contributed by atoms with van der Waals surface area (Å²) >= 11 is 0. The normalized spacial score (nSPS) is 17.5. The SMILES string of the molecule is CC(=O)N1N=C(c2ccc3c(c2)OCO3)C[C@@H]1c1cnn(-c2ccccc2)c1C. The molecule has 0 fully saturated rings. The van der Waals surface area contributed by atoms with Gasteiger partial charge in [-0.1, -0.05) is 18.2 Å². The molecule has 3 aromatic rings. The van der Waals surface area contributed by atoms with E-state index < -0.39 is 0 Å². The topological polar surface area (TPSA) is 69.0 Å². The van der Waals surface area contributed by atoms with Crippen LogP contribution in [0.1, 0.15) is 36.2 Å². The zero-order valence-electron chi connectivity index (χ0n) is 16.2. The maximum absolute atomic E-state index is 12.3. The zero-order valence-corrected chi connectivity index (χ0v) is 16.2. The molecule has 5 rings (SSSR count). The van der Waals surface area contributed by atoms with Gasteiger partial charge >= 0.3 is 0 Å². The first-order valence-corrected chi connectivity index (χ1v) is 9.49. The van der Waals surface area contributed by atoms with E-state index in [4.69, 9.17) is 9.47 Å². The van der Waals surface area contributed by atoms with Gasteiger partial charge < -0.3 is 9.47 Å². The van der Waals surface area contributed by atoms with Gasteiger partial charge in [0.05, 0.1) is 23.6 Å². The smallest absolute Gasteiger partial charge is 0.240 e. The molecular formula is C22H20N4O3. The summed E-state index contributed by atoms with van der Waals surface area (Å²) in [6.07, 6.45) is 2.45. The molecule has 0 spiro atoms. The summed E-state index contributed by atoms with van der Waals surface area (Å²) < 4.78 is 12.8. The minimum Gasteiger partial charge on any atom is -0.454 e. The molecule has 1 aromatic heterocycles. The summed E-state index contributed by atoms with van der Waals surface area (Å²) in [7, 11) is 0. The van der Waals surface area contributed by atoms with Crippen molar-refractivity contribution in [1.29, 1.82) is 0 Å². The van der Waals surface area contributed by atoms with E-state index in [9.17, 15) is 4.79 Å². The number of hydrogen-bond donors (Lipinski definition) is 0. The van der Waals surface area contributed by atoms with Gasteiger partial charge in [0, 0.05) is 30.2 Å². The largest absolute Gasteiger partial charge is 0.454 e. The van der Waals surface area contributed by atoms with Crippen molar-refractivity contribution in [3.63, 3.8) is 0 Å². The van der Waals surface area contributed by atoms with Crippen LogP contribution in [0.25, 0.3) is 5.69 Å². The van der Waals surface area contributed by atoms with Crippen molar-refractivity contribution in [2.24, 2.45) is 5.10 Å². The monoisotopic (exact) mass is 388 g/mol. The van der Waals surface area contributed by atoms with Gasteiger partial charge in [0.2, 0.25) is 12.7 Å². The van der Waals surface area contributed by atoms with Gasteiger partial charge in [0.15, 0.2) is 11.5 Å². The molecule has 2 aromatic carbocycles. The molecule has 0 aliphatic carbocycles. The van der Waals surface area contributed by atoms with Crippen LogP contribution in [0.3, 0.4) is 0 Å². The number of benzene rings is 2. The molecule has 2 aliphatic heterocycles. The lowest BCUT2D eigenvalue weighted by molar-refractivity contribution is -0.130. The summed E-state index contributed by atoms with van der Waals surface area (Å²) in [4.78, 5) is 12.3. The van der Waals surface area contributed by atoms with E-state index >= 15 is 0 Å². The van der Waals surface area contributed by atoms with Crippen LogP contribution >= 0.6 is 0 Å². The molecule has 1 amide bonds. The Morgan fingerprint density at radius 3 is 2.69 bits per heavy atom. The minimum atomic E-state index is -0.189. The van der Waals surface area contributed by atoms with Crippen LogP contribution in [-0.4, -0.2) is 33.2 Å². The van der Waals surface area contributed by atoms with E-state index in [2.05, 4.69) is 10.2 Å². The number of para-hydroxylation sites is 1. The number of carbonyl (C=O) groups excluding carboxylic acids is 1. The van der Waals surface area contributed by atoms with Gasteiger partial charge in [-0.2, -0.15) is 10.2 Å². The predicted molar refractivity (Wildman–Crippen MR) is 107 cm³/mol. The van der Waals surface area contributed by atoms with E-state index in [1.54, 1.807) is 5.01 Å². The number of fused-ring (bicyclic) bond motifs is 1. The molecule has 0 unspecified atom stereocenters. The number of hydrazone groups is 1. The molecule has 0 saturated carbocycles. The van der Waals surface area contributed by atoms with Crippen molar-refractivity contribution in [2.75, 3.05) is 6.79 Å². The Balaban J connectivity index is 1.49. The Bertz CT molecular complexity index is 1120. The molecule has 0 radical (unpaired) electrons. The highest BCUT2D eigenvalue weighted by atomic mass is 16.7. The van der Waals surface area contributed by atoms with Crippen LogP contribution in [0.5, 0.6) is 11.5 Å². The third-order valence-electron chi connectivity index (χ3n) is 5.35. The lowest BCUT2D eigenvalue weighted by Crippen LogP contribution is -2.24. The van der Waals surface area contributed by atoms with Crippen molar-refractivity contribution in [3.05, 3.63) is 71.5 Å². The second kappa shape index (κ2) is 6.77. The Morgan fingerprint density at radius 1 is 1.10 bits per heavy atom. The third-order valence-corrected chi connectivity index (χ3v) is 5.35. The number of hydrogen-bond acceptors (Lipinski definition) is 5.